The second-order valence-corrected chi connectivity index (χ2v) is 16.2. The fourth-order valence-corrected chi connectivity index (χ4v) is 9.30. The highest BCUT2D eigenvalue weighted by atomic mass is 16.5. The molecule has 2 aromatic rings. The third kappa shape index (κ3) is 8.06. The number of aryl methyl sites for hydroxylation is 4. The molecule has 4 aliphatic rings. The molecule has 2 spiro atoms. The number of carbonyl (C=O) groups excluding carboxylic acids is 2. The van der Waals surface area contributed by atoms with Crippen LogP contribution in [0.5, 0.6) is 0 Å². The van der Waals surface area contributed by atoms with Gasteiger partial charge in [0.1, 0.15) is 5.76 Å². The molecule has 2 aliphatic carbocycles. The Hall–Kier alpha value is -3.50. The first-order valence-electron chi connectivity index (χ1n) is 19.8. The molecule has 2 aromatic carbocycles. The van der Waals surface area contributed by atoms with Crippen molar-refractivity contribution in [3.8, 4) is 0 Å². The zero-order valence-electron chi connectivity index (χ0n) is 34.7. The molecular weight excluding hydrogens is 681 g/mol. The average Bonchev–Trinajstić information content (AvgIpc) is 3.51. The topological polar surface area (TPSA) is 115 Å². The SMILES string of the molecule is COCCOC1CCC2(CC1)NC(=O)C(c1c(C)cc(C)c(C)c1C)=C2C.COCCOC1CCC2(CC1)NC(=O)C(c1c(C)cc(C)c(C)c1C)=C2O. The number of amides is 2. The van der Waals surface area contributed by atoms with Gasteiger partial charge in [-0.2, -0.15) is 0 Å². The lowest BCUT2D eigenvalue weighted by Crippen LogP contribution is -2.48. The zero-order chi connectivity index (χ0) is 39.5. The summed E-state index contributed by atoms with van der Waals surface area (Å²) in [5.41, 5.74) is 13.2. The number of nitrogens with one attached hydrogen (secondary N) is 2. The van der Waals surface area contributed by atoms with Gasteiger partial charge in [-0.05, 0) is 175 Å². The van der Waals surface area contributed by atoms with Crippen LogP contribution in [0.25, 0.3) is 11.1 Å². The van der Waals surface area contributed by atoms with E-state index in [4.69, 9.17) is 18.9 Å². The monoisotopic (exact) mass is 744 g/mol. The van der Waals surface area contributed by atoms with Crippen molar-refractivity contribution in [1.82, 2.24) is 10.6 Å². The van der Waals surface area contributed by atoms with E-state index in [0.29, 0.717) is 44.8 Å². The van der Waals surface area contributed by atoms with E-state index < -0.39 is 5.54 Å². The molecule has 2 saturated carbocycles. The van der Waals surface area contributed by atoms with Crippen LogP contribution in [0.3, 0.4) is 0 Å². The summed E-state index contributed by atoms with van der Waals surface area (Å²) in [6, 6.07) is 4.30. The van der Waals surface area contributed by atoms with Crippen LogP contribution >= 0.6 is 0 Å². The molecule has 3 N–H and O–H groups in total. The van der Waals surface area contributed by atoms with E-state index in [1.54, 1.807) is 14.2 Å². The van der Waals surface area contributed by atoms with Gasteiger partial charge in [-0.25, -0.2) is 0 Å². The first kappa shape index (κ1) is 41.7. The molecule has 0 bridgehead atoms. The van der Waals surface area contributed by atoms with E-state index in [0.717, 1.165) is 66.4 Å². The lowest BCUT2D eigenvalue weighted by Gasteiger charge is -2.38. The number of carbonyl (C=O) groups is 2. The van der Waals surface area contributed by atoms with Gasteiger partial charge in [-0.3, -0.25) is 9.59 Å². The molecule has 9 nitrogen and oxygen atoms in total. The summed E-state index contributed by atoms with van der Waals surface area (Å²) in [5, 5.41) is 17.6. The van der Waals surface area contributed by atoms with Crippen LogP contribution < -0.4 is 10.6 Å². The van der Waals surface area contributed by atoms with E-state index in [1.807, 2.05) is 13.8 Å². The predicted octanol–water partition coefficient (Wildman–Crippen LogP) is 7.83. The Kier molecular flexibility index (Phi) is 13.2. The van der Waals surface area contributed by atoms with Gasteiger partial charge in [0, 0.05) is 19.8 Å². The third-order valence-electron chi connectivity index (χ3n) is 13.0. The standard InChI is InChI=1S/C23H33NO3.C22H31NO4/c1-14-13-15(2)20(17(4)16(14)3)21-18(5)23(24-22(21)25)9-7-19(8-10-23)27-12-11-26-6;1-13-12-14(2)18(16(4)15(13)3)19-20(24)22(23-21(19)25)8-6-17(7-9-22)27-11-10-26-5/h13,19H,7-12H2,1-6H3,(H,24,25);12,17,24H,6-11H2,1-5H3,(H,23,25). The minimum absolute atomic E-state index is 0.0840. The highest BCUT2D eigenvalue weighted by Crippen LogP contribution is 2.45. The van der Waals surface area contributed by atoms with Crippen molar-refractivity contribution in [2.75, 3.05) is 40.6 Å². The van der Waals surface area contributed by atoms with Crippen LogP contribution in [0.15, 0.2) is 23.5 Å². The van der Waals surface area contributed by atoms with Gasteiger partial charge in [0.25, 0.3) is 11.8 Å². The Labute approximate surface area is 323 Å². The van der Waals surface area contributed by atoms with Crippen LogP contribution in [0.4, 0.5) is 0 Å². The van der Waals surface area contributed by atoms with Gasteiger partial charge < -0.3 is 34.7 Å². The second kappa shape index (κ2) is 17.1. The minimum Gasteiger partial charge on any atom is -0.509 e. The molecule has 6 rings (SSSR count). The normalized spacial score (nSPS) is 25.4. The number of rotatable bonds is 10. The summed E-state index contributed by atoms with van der Waals surface area (Å²) in [7, 11) is 3.36. The maximum atomic E-state index is 13.0. The van der Waals surface area contributed by atoms with Crippen molar-refractivity contribution >= 4 is 23.0 Å². The highest BCUT2D eigenvalue weighted by Gasteiger charge is 2.49. The number of aliphatic hydroxyl groups is 1. The maximum Gasteiger partial charge on any atom is 0.256 e. The zero-order valence-corrected chi connectivity index (χ0v) is 34.7. The molecule has 2 fully saturated rings. The summed E-state index contributed by atoms with van der Waals surface area (Å²) in [6.45, 7) is 21.3. The van der Waals surface area contributed by atoms with Crippen molar-refractivity contribution in [2.24, 2.45) is 0 Å². The van der Waals surface area contributed by atoms with Gasteiger partial charge in [0.05, 0.1) is 55.3 Å². The second-order valence-electron chi connectivity index (χ2n) is 16.2. The van der Waals surface area contributed by atoms with Crippen molar-refractivity contribution in [2.45, 2.75) is 137 Å². The minimum atomic E-state index is -0.648. The molecule has 54 heavy (non-hydrogen) atoms. The third-order valence-corrected chi connectivity index (χ3v) is 13.0. The number of hydrogen-bond acceptors (Lipinski definition) is 7. The van der Waals surface area contributed by atoms with Crippen molar-refractivity contribution in [3.05, 3.63) is 79.1 Å². The van der Waals surface area contributed by atoms with Gasteiger partial charge in [-0.15, -0.1) is 0 Å². The molecule has 0 aromatic heterocycles. The summed E-state index contributed by atoms with van der Waals surface area (Å²) >= 11 is 0. The molecule has 2 amide bonds. The van der Waals surface area contributed by atoms with E-state index in [9.17, 15) is 14.7 Å². The van der Waals surface area contributed by atoms with Gasteiger partial charge in [-0.1, -0.05) is 12.1 Å². The number of aliphatic hydroxyl groups excluding tert-OH is 1. The molecule has 9 heteroatoms. The molecule has 296 valence electrons. The first-order valence-corrected chi connectivity index (χ1v) is 19.8. The van der Waals surface area contributed by atoms with Crippen LogP contribution in [0.1, 0.15) is 114 Å². The lowest BCUT2D eigenvalue weighted by atomic mass is 9.75. The first-order chi connectivity index (χ1) is 25.6. The molecule has 0 saturated heterocycles. The molecule has 0 unspecified atom stereocenters. The molecule has 0 radical (unpaired) electrons. The van der Waals surface area contributed by atoms with Gasteiger partial charge in [0.15, 0.2) is 0 Å². The largest absolute Gasteiger partial charge is 0.509 e. The average molecular weight is 745 g/mol. The van der Waals surface area contributed by atoms with Crippen LogP contribution in [0, 0.1) is 55.4 Å². The number of methoxy groups -OCH3 is 2. The number of ether oxygens (including phenoxy) is 4. The van der Waals surface area contributed by atoms with Gasteiger partial charge in [0.2, 0.25) is 0 Å². The lowest BCUT2D eigenvalue weighted by molar-refractivity contribution is -0.117. The highest BCUT2D eigenvalue weighted by molar-refractivity contribution is 6.25. The van der Waals surface area contributed by atoms with E-state index >= 15 is 0 Å². The Morgan fingerprint density at radius 3 is 1.41 bits per heavy atom. The van der Waals surface area contributed by atoms with Crippen LogP contribution in [-0.4, -0.2) is 80.9 Å². The fourth-order valence-electron chi connectivity index (χ4n) is 9.30. The van der Waals surface area contributed by atoms with E-state index in [2.05, 4.69) is 71.2 Å². The summed E-state index contributed by atoms with van der Waals surface area (Å²) < 4.78 is 21.8. The number of hydrogen-bond donors (Lipinski definition) is 3. The Morgan fingerprint density at radius 1 is 0.574 bits per heavy atom. The number of benzene rings is 2. The van der Waals surface area contributed by atoms with Crippen molar-refractivity contribution in [3.63, 3.8) is 0 Å². The smallest absolute Gasteiger partial charge is 0.256 e. The Bertz CT molecular complexity index is 1670. The van der Waals surface area contributed by atoms with Crippen molar-refractivity contribution in [1.29, 1.82) is 0 Å². The predicted molar refractivity (Wildman–Crippen MR) is 215 cm³/mol. The molecule has 2 aliphatic heterocycles. The quantitative estimate of drug-likeness (QED) is 0.213. The van der Waals surface area contributed by atoms with E-state index in [-0.39, 0.29) is 35.3 Å². The maximum absolute atomic E-state index is 13.0. The van der Waals surface area contributed by atoms with Crippen LogP contribution in [-0.2, 0) is 28.5 Å². The summed E-state index contributed by atoms with van der Waals surface area (Å²) in [4.78, 5) is 25.9. The fraction of sp³-hybridized carbons (Fsp3) is 0.600. The molecule has 0 atom stereocenters. The summed E-state index contributed by atoms with van der Waals surface area (Å²) in [6.07, 6.45) is 7.25. The van der Waals surface area contributed by atoms with Gasteiger partial charge >= 0.3 is 0 Å². The van der Waals surface area contributed by atoms with E-state index in [1.165, 1.54) is 39.0 Å². The molecular formula is C45H64N2O7. The summed E-state index contributed by atoms with van der Waals surface area (Å²) in [5.74, 6) is 0.124. The Morgan fingerprint density at radius 2 is 0.963 bits per heavy atom. The Balaban J connectivity index is 0.000000208. The molecule has 2 heterocycles. The van der Waals surface area contributed by atoms with Crippen LogP contribution in [0.2, 0.25) is 0 Å². The van der Waals surface area contributed by atoms with Crippen molar-refractivity contribution < 1.29 is 33.6 Å².